The molecule has 4 heteroatoms. The van der Waals surface area contributed by atoms with Crippen LogP contribution in [0.1, 0.15) is 19.4 Å². The number of benzene rings is 1. The average Bonchev–Trinajstić information content (AvgIpc) is 2.15. The summed E-state index contributed by atoms with van der Waals surface area (Å²) in [6.45, 7) is 3.88. The van der Waals surface area contributed by atoms with E-state index in [2.05, 4.69) is 15.9 Å². The van der Waals surface area contributed by atoms with Gasteiger partial charge in [-0.3, -0.25) is 10.1 Å². The monoisotopic (exact) mass is 269 g/mol. The van der Waals surface area contributed by atoms with Gasteiger partial charge in [0.15, 0.2) is 0 Å². The molecule has 0 aromatic heterocycles. The minimum absolute atomic E-state index is 0.136. The normalized spacial score (nSPS) is 11.9. The quantitative estimate of drug-likeness (QED) is 0.620. The molecular weight excluding hydrogens is 258 g/mol. The molecule has 0 N–H and O–H groups in total. The SMILES string of the molecule is CC(C)/C(=C/[N+](=O)[O-])c1ccc(Br)cc1. The van der Waals surface area contributed by atoms with Crippen LogP contribution in [-0.2, 0) is 0 Å². The maximum Gasteiger partial charge on any atom is 0.238 e. The highest BCUT2D eigenvalue weighted by Gasteiger charge is 2.10. The van der Waals surface area contributed by atoms with E-state index in [1.807, 2.05) is 38.1 Å². The van der Waals surface area contributed by atoms with Crippen LogP contribution in [-0.4, -0.2) is 4.92 Å². The molecule has 0 spiro atoms. The molecule has 0 fully saturated rings. The van der Waals surface area contributed by atoms with Gasteiger partial charge in [-0.05, 0) is 23.6 Å². The zero-order valence-corrected chi connectivity index (χ0v) is 10.2. The lowest BCUT2D eigenvalue weighted by atomic mass is 9.96. The van der Waals surface area contributed by atoms with Crippen molar-refractivity contribution in [2.45, 2.75) is 13.8 Å². The van der Waals surface area contributed by atoms with E-state index in [0.29, 0.717) is 0 Å². The van der Waals surface area contributed by atoms with Gasteiger partial charge in [0.2, 0.25) is 6.20 Å². The fourth-order valence-electron chi connectivity index (χ4n) is 1.31. The molecule has 3 nitrogen and oxygen atoms in total. The van der Waals surface area contributed by atoms with Gasteiger partial charge in [0.25, 0.3) is 0 Å². The molecular formula is C11H12BrNO2. The number of rotatable bonds is 3. The molecule has 0 radical (unpaired) electrons. The molecule has 0 aliphatic rings. The van der Waals surface area contributed by atoms with Crippen LogP contribution in [0, 0.1) is 16.0 Å². The largest absolute Gasteiger partial charge is 0.259 e. The number of nitro groups is 1. The van der Waals surface area contributed by atoms with E-state index in [4.69, 9.17) is 0 Å². The third-order valence-corrected chi connectivity index (χ3v) is 2.57. The zero-order chi connectivity index (χ0) is 11.4. The first-order valence-corrected chi connectivity index (χ1v) is 5.41. The highest BCUT2D eigenvalue weighted by atomic mass is 79.9. The van der Waals surface area contributed by atoms with Crippen LogP contribution in [0.4, 0.5) is 0 Å². The zero-order valence-electron chi connectivity index (χ0n) is 8.61. The second-order valence-electron chi connectivity index (χ2n) is 3.53. The summed E-state index contributed by atoms with van der Waals surface area (Å²) in [4.78, 5) is 10.1. The van der Waals surface area contributed by atoms with Crippen LogP contribution in [0.2, 0.25) is 0 Å². The molecule has 1 aromatic rings. The highest BCUT2D eigenvalue weighted by molar-refractivity contribution is 9.10. The summed E-state index contributed by atoms with van der Waals surface area (Å²) in [7, 11) is 0. The first-order chi connectivity index (χ1) is 7.00. The molecule has 1 aromatic carbocycles. The Morgan fingerprint density at radius 3 is 2.33 bits per heavy atom. The van der Waals surface area contributed by atoms with Crippen molar-refractivity contribution in [3.8, 4) is 0 Å². The maximum absolute atomic E-state index is 10.5. The maximum atomic E-state index is 10.5. The molecule has 0 bridgehead atoms. The van der Waals surface area contributed by atoms with E-state index in [1.54, 1.807) is 0 Å². The molecule has 80 valence electrons. The second kappa shape index (κ2) is 5.07. The van der Waals surface area contributed by atoms with Gasteiger partial charge in [-0.25, -0.2) is 0 Å². The Hall–Kier alpha value is -1.16. The molecule has 15 heavy (non-hydrogen) atoms. The summed E-state index contributed by atoms with van der Waals surface area (Å²) in [5.74, 6) is 0.136. The molecule has 0 amide bonds. The fourth-order valence-corrected chi connectivity index (χ4v) is 1.58. The van der Waals surface area contributed by atoms with Crippen molar-refractivity contribution in [1.29, 1.82) is 0 Å². The van der Waals surface area contributed by atoms with Gasteiger partial charge in [0, 0.05) is 10.0 Å². The Balaban J connectivity index is 3.10. The average molecular weight is 270 g/mol. The van der Waals surface area contributed by atoms with Crippen molar-refractivity contribution in [2.24, 2.45) is 5.92 Å². The summed E-state index contributed by atoms with van der Waals surface area (Å²) in [5, 5.41) is 10.5. The second-order valence-corrected chi connectivity index (χ2v) is 4.45. The van der Waals surface area contributed by atoms with Gasteiger partial charge in [-0.1, -0.05) is 41.9 Å². The van der Waals surface area contributed by atoms with Gasteiger partial charge >= 0.3 is 0 Å². The minimum Gasteiger partial charge on any atom is -0.259 e. The van der Waals surface area contributed by atoms with Gasteiger partial charge in [-0.2, -0.15) is 0 Å². The van der Waals surface area contributed by atoms with Gasteiger partial charge < -0.3 is 0 Å². The molecule has 0 unspecified atom stereocenters. The van der Waals surface area contributed by atoms with Gasteiger partial charge in [0.1, 0.15) is 0 Å². The summed E-state index contributed by atoms with van der Waals surface area (Å²) in [5.41, 5.74) is 1.64. The van der Waals surface area contributed by atoms with Crippen LogP contribution in [0.3, 0.4) is 0 Å². The predicted molar refractivity (Wildman–Crippen MR) is 64.0 cm³/mol. The molecule has 0 saturated heterocycles. The Kier molecular flexibility index (Phi) is 4.03. The van der Waals surface area contributed by atoms with E-state index >= 15 is 0 Å². The van der Waals surface area contributed by atoms with Gasteiger partial charge in [0.05, 0.1) is 4.92 Å². The van der Waals surface area contributed by atoms with Crippen molar-refractivity contribution in [3.63, 3.8) is 0 Å². The van der Waals surface area contributed by atoms with E-state index in [-0.39, 0.29) is 5.92 Å². The highest BCUT2D eigenvalue weighted by Crippen LogP contribution is 2.24. The number of halogens is 1. The molecule has 0 heterocycles. The van der Waals surface area contributed by atoms with Crippen LogP contribution >= 0.6 is 15.9 Å². The van der Waals surface area contributed by atoms with Crippen LogP contribution < -0.4 is 0 Å². The topological polar surface area (TPSA) is 43.1 Å². The van der Waals surface area contributed by atoms with Crippen molar-refractivity contribution in [3.05, 3.63) is 50.6 Å². The summed E-state index contributed by atoms with van der Waals surface area (Å²) < 4.78 is 0.968. The smallest absolute Gasteiger partial charge is 0.238 e. The molecule has 1 rings (SSSR count). The number of allylic oxidation sites excluding steroid dienone is 1. The Morgan fingerprint density at radius 2 is 1.93 bits per heavy atom. The van der Waals surface area contributed by atoms with Crippen molar-refractivity contribution in [2.75, 3.05) is 0 Å². The standard InChI is InChI=1S/C11H12BrNO2/c1-8(2)11(7-13(14)15)9-3-5-10(12)6-4-9/h3-8H,1-2H3/b11-7-. The summed E-state index contributed by atoms with van der Waals surface area (Å²) >= 11 is 3.33. The van der Waals surface area contributed by atoms with Crippen molar-refractivity contribution < 1.29 is 4.92 Å². The Labute approximate surface area is 97.1 Å². The first-order valence-electron chi connectivity index (χ1n) is 4.62. The van der Waals surface area contributed by atoms with Crippen molar-refractivity contribution in [1.82, 2.24) is 0 Å². The summed E-state index contributed by atoms with van der Waals surface area (Å²) in [6, 6.07) is 7.51. The number of nitrogens with zero attached hydrogens (tertiary/aromatic N) is 1. The molecule has 0 aliphatic heterocycles. The third-order valence-electron chi connectivity index (χ3n) is 2.04. The fraction of sp³-hybridized carbons (Fsp3) is 0.273. The number of hydrogen-bond acceptors (Lipinski definition) is 2. The van der Waals surface area contributed by atoms with Gasteiger partial charge in [-0.15, -0.1) is 0 Å². The molecule has 0 saturated carbocycles. The Bertz CT molecular complexity index is 382. The predicted octanol–water partition coefficient (Wildman–Crippen LogP) is 3.72. The minimum atomic E-state index is -0.405. The van der Waals surface area contributed by atoms with Crippen LogP contribution in [0.15, 0.2) is 34.9 Å². The first kappa shape index (κ1) is 11.9. The van der Waals surface area contributed by atoms with E-state index in [1.165, 1.54) is 0 Å². The Morgan fingerprint density at radius 1 is 1.40 bits per heavy atom. The van der Waals surface area contributed by atoms with Crippen LogP contribution in [0.25, 0.3) is 5.57 Å². The van der Waals surface area contributed by atoms with Crippen molar-refractivity contribution >= 4 is 21.5 Å². The van der Waals surface area contributed by atoms with E-state index in [9.17, 15) is 10.1 Å². The van der Waals surface area contributed by atoms with E-state index < -0.39 is 4.92 Å². The summed E-state index contributed by atoms with van der Waals surface area (Å²) in [6.07, 6.45) is 1.08. The lowest BCUT2D eigenvalue weighted by Crippen LogP contribution is -1.97. The van der Waals surface area contributed by atoms with Crippen LogP contribution in [0.5, 0.6) is 0 Å². The van der Waals surface area contributed by atoms with E-state index in [0.717, 1.165) is 21.8 Å². The lowest BCUT2D eigenvalue weighted by molar-refractivity contribution is -0.401. The third kappa shape index (κ3) is 3.47. The molecule has 0 atom stereocenters. The molecule has 0 aliphatic carbocycles. The number of hydrogen-bond donors (Lipinski definition) is 0. The lowest BCUT2D eigenvalue weighted by Gasteiger charge is -2.08.